The Morgan fingerprint density at radius 3 is 2.41 bits per heavy atom. The van der Waals surface area contributed by atoms with Gasteiger partial charge in [-0.3, -0.25) is 9.78 Å². The van der Waals surface area contributed by atoms with Crippen molar-refractivity contribution in [2.75, 3.05) is 0 Å². The van der Waals surface area contributed by atoms with Crippen LogP contribution in [0, 0.1) is 5.92 Å². The lowest BCUT2D eigenvalue weighted by Crippen LogP contribution is -2.20. The molecule has 0 spiro atoms. The predicted molar refractivity (Wildman–Crippen MR) is 61.0 cm³/mol. The van der Waals surface area contributed by atoms with E-state index in [1.165, 1.54) is 12.1 Å². The molecule has 1 aromatic rings. The molecular weight excluding hydrogens is 222 g/mol. The van der Waals surface area contributed by atoms with E-state index in [1.54, 1.807) is 0 Å². The molecule has 0 bridgehead atoms. The predicted octanol–water partition coefficient (Wildman–Crippen LogP) is 1.37. The number of aliphatic hydroxyl groups excluding tert-OH is 1. The van der Waals surface area contributed by atoms with E-state index in [9.17, 15) is 14.7 Å². The van der Waals surface area contributed by atoms with Gasteiger partial charge in [0.1, 0.15) is 5.69 Å². The van der Waals surface area contributed by atoms with Crippen molar-refractivity contribution < 1.29 is 19.8 Å². The number of aromatic carboxylic acids is 1. The molecule has 1 rings (SSSR count). The lowest BCUT2D eigenvalue weighted by atomic mass is 10.0. The highest BCUT2D eigenvalue weighted by Crippen LogP contribution is 2.10. The Bertz CT molecular complexity index is 411. The molecule has 0 aromatic carbocycles. The van der Waals surface area contributed by atoms with Gasteiger partial charge >= 0.3 is 5.97 Å². The second-order valence-corrected chi connectivity index (χ2v) is 4.18. The molecule has 5 heteroatoms. The number of carboxylic acids is 1. The van der Waals surface area contributed by atoms with Crippen LogP contribution in [0.25, 0.3) is 0 Å². The quantitative estimate of drug-likeness (QED) is 0.755. The van der Waals surface area contributed by atoms with Gasteiger partial charge in [-0.05, 0) is 18.1 Å². The number of rotatable bonds is 5. The van der Waals surface area contributed by atoms with Crippen molar-refractivity contribution >= 4 is 11.8 Å². The number of carboxylic acid groups (broad SMARTS) is 1. The van der Waals surface area contributed by atoms with Crippen molar-refractivity contribution in [1.29, 1.82) is 0 Å². The molecule has 0 aliphatic rings. The zero-order valence-corrected chi connectivity index (χ0v) is 9.75. The minimum atomic E-state index is -1.08. The summed E-state index contributed by atoms with van der Waals surface area (Å²) < 4.78 is 0. The van der Waals surface area contributed by atoms with Crippen LogP contribution in [0.1, 0.15) is 41.1 Å². The van der Waals surface area contributed by atoms with Gasteiger partial charge in [0.15, 0.2) is 5.78 Å². The largest absolute Gasteiger partial charge is 0.478 e. The first kappa shape index (κ1) is 13.3. The van der Waals surface area contributed by atoms with E-state index in [2.05, 4.69) is 4.98 Å². The molecular formula is C12H15NO4. The fraction of sp³-hybridized carbons (Fsp3) is 0.417. The van der Waals surface area contributed by atoms with Gasteiger partial charge in [0.2, 0.25) is 0 Å². The number of aromatic nitrogens is 1. The van der Waals surface area contributed by atoms with Gasteiger partial charge in [0.05, 0.1) is 11.7 Å². The molecule has 92 valence electrons. The Balaban J connectivity index is 2.73. The fourth-order valence-corrected chi connectivity index (χ4v) is 1.22. The fourth-order valence-electron chi connectivity index (χ4n) is 1.22. The molecule has 1 aromatic heterocycles. The minimum Gasteiger partial charge on any atom is -0.478 e. The van der Waals surface area contributed by atoms with Gasteiger partial charge < -0.3 is 10.2 Å². The minimum absolute atomic E-state index is 0.00255. The van der Waals surface area contributed by atoms with Gasteiger partial charge in [-0.1, -0.05) is 13.8 Å². The Kier molecular flexibility index (Phi) is 4.34. The smallest absolute Gasteiger partial charge is 0.337 e. The number of pyridine rings is 1. The first-order valence-electron chi connectivity index (χ1n) is 5.32. The van der Waals surface area contributed by atoms with Gasteiger partial charge in [0.25, 0.3) is 0 Å². The van der Waals surface area contributed by atoms with Crippen LogP contribution in [0.2, 0.25) is 0 Å². The van der Waals surface area contributed by atoms with Crippen LogP contribution >= 0.6 is 0 Å². The van der Waals surface area contributed by atoms with E-state index in [4.69, 9.17) is 5.11 Å². The maximum atomic E-state index is 11.7. The molecule has 1 unspecified atom stereocenters. The normalized spacial score (nSPS) is 12.5. The van der Waals surface area contributed by atoms with Gasteiger partial charge in [-0.2, -0.15) is 0 Å². The summed E-state index contributed by atoms with van der Waals surface area (Å²) in [5.41, 5.74) is 0.209. The van der Waals surface area contributed by atoms with Crippen LogP contribution in [0.15, 0.2) is 18.3 Å². The summed E-state index contributed by atoms with van der Waals surface area (Å²) in [4.78, 5) is 26.0. The first-order valence-corrected chi connectivity index (χ1v) is 5.32. The second-order valence-electron chi connectivity index (χ2n) is 4.18. The standard InChI is InChI=1S/C12H15NO4/c1-7(2)10(14)5-11(15)9-4-3-8(6-13-9)12(16)17/h3-4,6-7,10,14H,5H2,1-2H3,(H,16,17). The summed E-state index contributed by atoms with van der Waals surface area (Å²) in [7, 11) is 0. The molecule has 0 radical (unpaired) electrons. The third-order valence-corrected chi connectivity index (χ3v) is 2.46. The van der Waals surface area contributed by atoms with Crippen LogP contribution in [0.4, 0.5) is 0 Å². The van der Waals surface area contributed by atoms with E-state index in [1.807, 2.05) is 13.8 Å². The monoisotopic (exact) mass is 237 g/mol. The molecule has 0 aliphatic carbocycles. The Morgan fingerprint density at radius 1 is 1.35 bits per heavy atom. The molecule has 2 N–H and O–H groups in total. The Hall–Kier alpha value is -1.75. The molecule has 5 nitrogen and oxygen atoms in total. The van der Waals surface area contributed by atoms with Gasteiger partial charge in [-0.25, -0.2) is 4.79 Å². The van der Waals surface area contributed by atoms with Crippen LogP contribution in [-0.4, -0.2) is 33.1 Å². The molecule has 17 heavy (non-hydrogen) atoms. The highest BCUT2D eigenvalue weighted by molar-refractivity contribution is 5.95. The number of aliphatic hydroxyl groups is 1. The first-order chi connectivity index (χ1) is 7.91. The second kappa shape index (κ2) is 5.54. The Morgan fingerprint density at radius 2 is 2.00 bits per heavy atom. The summed E-state index contributed by atoms with van der Waals surface area (Å²) in [5, 5.41) is 18.2. The average molecular weight is 237 g/mol. The number of ketones is 1. The highest BCUT2D eigenvalue weighted by atomic mass is 16.4. The molecule has 0 fully saturated rings. The van der Waals surface area contributed by atoms with Gasteiger partial charge in [-0.15, -0.1) is 0 Å². The van der Waals surface area contributed by atoms with E-state index >= 15 is 0 Å². The van der Waals surface area contributed by atoms with E-state index < -0.39 is 12.1 Å². The summed E-state index contributed by atoms with van der Waals surface area (Å²) in [6.07, 6.45) is 0.428. The zero-order valence-electron chi connectivity index (χ0n) is 9.75. The van der Waals surface area contributed by atoms with E-state index in [0.717, 1.165) is 6.20 Å². The highest BCUT2D eigenvalue weighted by Gasteiger charge is 2.17. The average Bonchev–Trinajstić information content (AvgIpc) is 2.28. The van der Waals surface area contributed by atoms with Crippen molar-refractivity contribution in [3.05, 3.63) is 29.6 Å². The number of carbonyl (C=O) groups is 2. The van der Waals surface area contributed by atoms with Crippen molar-refractivity contribution in [3.63, 3.8) is 0 Å². The number of carbonyl (C=O) groups excluding carboxylic acids is 1. The Labute approximate surface area is 99.1 Å². The van der Waals surface area contributed by atoms with E-state index in [0.29, 0.717) is 0 Å². The number of hydrogen-bond acceptors (Lipinski definition) is 4. The summed E-state index contributed by atoms with van der Waals surface area (Å²) in [6, 6.07) is 2.68. The molecule has 0 saturated heterocycles. The number of Topliss-reactive ketones (excluding diaryl/α,β-unsaturated/α-hetero) is 1. The zero-order chi connectivity index (χ0) is 13.0. The lowest BCUT2D eigenvalue weighted by Gasteiger charge is -2.12. The number of nitrogens with zero attached hydrogens (tertiary/aromatic N) is 1. The van der Waals surface area contributed by atoms with Crippen molar-refractivity contribution in [2.24, 2.45) is 5.92 Å². The summed E-state index contributed by atoms with van der Waals surface area (Å²) >= 11 is 0. The van der Waals surface area contributed by atoms with Crippen LogP contribution in [0.3, 0.4) is 0 Å². The van der Waals surface area contributed by atoms with Crippen LogP contribution < -0.4 is 0 Å². The van der Waals surface area contributed by atoms with Crippen molar-refractivity contribution in [3.8, 4) is 0 Å². The molecule has 0 saturated carbocycles. The number of hydrogen-bond donors (Lipinski definition) is 2. The molecule has 1 heterocycles. The third-order valence-electron chi connectivity index (χ3n) is 2.46. The maximum Gasteiger partial charge on any atom is 0.337 e. The van der Waals surface area contributed by atoms with Crippen LogP contribution in [0.5, 0.6) is 0 Å². The van der Waals surface area contributed by atoms with Crippen LogP contribution in [-0.2, 0) is 0 Å². The lowest BCUT2D eigenvalue weighted by molar-refractivity contribution is 0.0693. The molecule has 1 atom stereocenters. The molecule has 0 amide bonds. The molecule has 0 aliphatic heterocycles. The summed E-state index contributed by atoms with van der Waals surface area (Å²) in [6.45, 7) is 3.64. The summed E-state index contributed by atoms with van der Waals surface area (Å²) in [5.74, 6) is -1.38. The third kappa shape index (κ3) is 3.64. The van der Waals surface area contributed by atoms with Gasteiger partial charge in [0, 0.05) is 12.6 Å². The SMILES string of the molecule is CC(C)C(O)CC(=O)c1ccc(C(=O)O)cn1. The maximum absolute atomic E-state index is 11.7. The van der Waals surface area contributed by atoms with Crippen molar-refractivity contribution in [1.82, 2.24) is 4.98 Å². The van der Waals surface area contributed by atoms with E-state index in [-0.39, 0.29) is 29.4 Å². The topological polar surface area (TPSA) is 87.5 Å². The van der Waals surface area contributed by atoms with Crippen molar-refractivity contribution in [2.45, 2.75) is 26.4 Å².